The molecular formula is C17H15ClF3NO2. The molecule has 0 saturated carbocycles. The molecule has 24 heavy (non-hydrogen) atoms. The highest BCUT2D eigenvalue weighted by molar-refractivity contribution is 6.30. The molecule has 1 aromatic heterocycles. The maximum Gasteiger partial charge on any atom is 0.416 e. The molecule has 0 atom stereocenters. The molecule has 7 heteroatoms. The molecule has 0 bridgehead atoms. The summed E-state index contributed by atoms with van der Waals surface area (Å²) < 4.78 is 43.0. The van der Waals surface area contributed by atoms with Crippen molar-refractivity contribution in [2.45, 2.75) is 19.0 Å². The van der Waals surface area contributed by atoms with E-state index in [0.717, 1.165) is 12.1 Å². The van der Waals surface area contributed by atoms with E-state index in [0.29, 0.717) is 22.7 Å². The SMILES string of the molecule is O=C(COCCc1cccc(C(F)(F)F)c1)Cc1ccc(Cl)cn1. The fraction of sp³-hybridized carbons (Fsp3) is 0.294. The Morgan fingerprint density at radius 1 is 1.21 bits per heavy atom. The number of aromatic nitrogens is 1. The largest absolute Gasteiger partial charge is 0.416 e. The number of hydrogen-bond donors (Lipinski definition) is 0. The summed E-state index contributed by atoms with van der Waals surface area (Å²) >= 11 is 5.71. The van der Waals surface area contributed by atoms with Crippen molar-refractivity contribution in [3.05, 3.63) is 64.4 Å². The standard InChI is InChI=1S/C17H15ClF3NO2/c18-14-4-5-15(22-10-14)9-16(23)11-24-7-6-12-2-1-3-13(8-12)17(19,20)21/h1-5,8,10H,6-7,9,11H2. The van der Waals surface area contributed by atoms with Gasteiger partial charge in [-0.1, -0.05) is 29.8 Å². The summed E-state index contributed by atoms with van der Waals surface area (Å²) in [4.78, 5) is 15.8. The van der Waals surface area contributed by atoms with Gasteiger partial charge in [-0.3, -0.25) is 9.78 Å². The highest BCUT2D eigenvalue weighted by Gasteiger charge is 2.30. The molecule has 0 amide bonds. The minimum atomic E-state index is -4.36. The van der Waals surface area contributed by atoms with Crippen molar-refractivity contribution in [2.75, 3.05) is 13.2 Å². The summed E-state index contributed by atoms with van der Waals surface area (Å²) in [5, 5.41) is 0.489. The van der Waals surface area contributed by atoms with Crippen LogP contribution >= 0.6 is 11.6 Å². The van der Waals surface area contributed by atoms with E-state index in [-0.39, 0.29) is 25.4 Å². The Balaban J connectivity index is 1.74. The van der Waals surface area contributed by atoms with Crippen LogP contribution in [0.4, 0.5) is 13.2 Å². The predicted molar refractivity (Wildman–Crippen MR) is 83.9 cm³/mol. The van der Waals surface area contributed by atoms with Gasteiger partial charge in [0.05, 0.1) is 23.6 Å². The second-order valence-corrected chi connectivity index (χ2v) is 5.62. The van der Waals surface area contributed by atoms with E-state index in [1.165, 1.54) is 12.3 Å². The number of rotatable bonds is 7. The van der Waals surface area contributed by atoms with Gasteiger partial charge in [0.25, 0.3) is 0 Å². The smallest absolute Gasteiger partial charge is 0.373 e. The molecule has 0 spiro atoms. The van der Waals surface area contributed by atoms with Gasteiger partial charge in [0.2, 0.25) is 0 Å². The van der Waals surface area contributed by atoms with Crippen LogP contribution in [-0.2, 0) is 28.5 Å². The number of ether oxygens (including phenoxy) is 1. The number of pyridine rings is 1. The average Bonchev–Trinajstić information content (AvgIpc) is 2.53. The number of alkyl halides is 3. The molecule has 0 N–H and O–H groups in total. The third-order valence-corrected chi connectivity index (χ3v) is 3.44. The fourth-order valence-electron chi connectivity index (χ4n) is 2.04. The van der Waals surface area contributed by atoms with Gasteiger partial charge in [0.15, 0.2) is 5.78 Å². The van der Waals surface area contributed by atoms with Crippen LogP contribution in [0, 0.1) is 0 Å². The molecule has 0 saturated heterocycles. The topological polar surface area (TPSA) is 39.2 Å². The molecule has 0 unspecified atom stereocenters. The van der Waals surface area contributed by atoms with Crippen molar-refractivity contribution in [2.24, 2.45) is 0 Å². The molecule has 0 fully saturated rings. The van der Waals surface area contributed by atoms with Crippen LogP contribution in [0.5, 0.6) is 0 Å². The van der Waals surface area contributed by atoms with Crippen LogP contribution in [0.3, 0.4) is 0 Å². The second kappa shape index (κ2) is 8.26. The summed E-state index contributed by atoms with van der Waals surface area (Å²) in [5.41, 5.74) is 0.410. The Labute approximate surface area is 142 Å². The Morgan fingerprint density at radius 3 is 2.67 bits per heavy atom. The van der Waals surface area contributed by atoms with Crippen LogP contribution in [0.25, 0.3) is 0 Å². The van der Waals surface area contributed by atoms with Crippen LogP contribution < -0.4 is 0 Å². The van der Waals surface area contributed by atoms with Gasteiger partial charge in [-0.2, -0.15) is 13.2 Å². The van der Waals surface area contributed by atoms with E-state index in [2.05, 4.69) is 4.98 Å². The van der Waals surface area contributed by atoms with Crippen LogP contribution in [0.15, 0.2) is 42.6 Å². The predicted octanol–water partition coefficient (Wildman–Crippen LogP) is 4.12. The monoisotopic (exact) mass is 357 g/mol. The quantitative estimate of drug-likeness (QED) is 0.700. The van der Waals surface area contributed by atoms with E-state index in [1.54, 1.807) is 18.2 Å². The zero-order valence-electron chi connectivity index (χ0n) is 12.6. The normalized spacial score (nSPS) is 11.5. The zero-order chi connectivity index (χ0) is 17.6. The fourth-order valence-corrected chi connectivity index (χ4v) is 2.16. The minimum Gasteiger partial charge on any atom is -0.373 e. The third kappa shape index (κ3) is 5.94. The lowest BCUT2D eigenvalue weighted by Gasteiger charge is -2.09. The number of nitrogens with zero attached hydrogens (tertiary/aromatic N) is 1. The Hall–Kier alpha value is -1.92. The summed E-state index contributed by atoms with van der Waals surface area (Å²) in [5.74, 6) is -0.158. The zero-order valence-corrected chi connectivity index (χ0v) is 13.4. The van der Waals surface area contributed by atoms with Crippen molar-refractivity contribution in [1.29, 1.82) is 0 Å². The molecule has 1 heterocycles. The van der Waals surface area contributed by atoms with E-state index in [4.69, 9.17) is 16.3 Å². The summed E-state index contributed by atoms with van der Waals surface area (Å²) in [6, 6.07) is 8.36. The number of hydrogen-bond acceptors (Lipinski definition) is 3. The number of carbonyl (C=O) groups is 1. The molecule has 0 aliphatic rings. The summed E-state index contributed by atoms with van der Waals surface area (Å²) in [6.45, 7) is 0.0599. The average molecular weight is 358 g/mol. The second-order valence-electron chi connectivity index (χ2n) is 5.18. The first-order valence-corrected chi connectivity index (χ1v) is 7.58. The maximum absolute atomic E-state index is 12.6. The third-order valence-electron chi connectivity index (χ3n) is 3.22. The van der Waals surface area contributed by atoms with Crippen LogP contribution in [-0.4, -0.2) is 24.0 Å². The van der Waals surface area contributed by atoms with Gasteiger partial charge < -0.3 is 4.74 Å². The Morgan fingerprint density at radius 2 is 2.00 bits per heavy atom. The number of halogens is 4. The molecule has 3 nitrogen and oxygen atoms in total. The Kier molecular flexibility index (Phi) is 6.34. The van der Waals surface area contributed by atoms with E-state index >= 15 is 0 Å². The van der Waals surface area contributed by atoms with E-state index in [1.807, 2.05) is 0 Å². The highest BCUT2D eigenvalue weighted by Crippen LogP contribution is 2.29. The number of carbonyl (C=O) groups excluding carboxylic acids is 1. The van der Waals surface area contributed by atoms with Gasteiger partial charge in [0.1, 0.15) is 6.61 Å². The van der Waals surface area contributed by atoms with Gasteiger partial charge in [0, 0.05) is 11.9 Å². The van der Waals surface area contributed by atoms with Gasteiger partial charge in [-0.05, 0) is 30.2 Å². The van der Waals surface area contributed by atoms with Crippen molar-refractivity contribution >= 4 is 17.4 Å². The lowest BCUT2D eigenvalue weighted by atomic mass is 10.1. The molecule has 0 aliphatic carbocycles. The maximum atomic E-state index is 12.6. The summed E-state index contributed by atoms with van der Waals surface area (Å²) in [6.07, 6.45) is -2.48. The van der Waals surface area contributed by atoms with Crippen molar-refractivity contribution in [1.82, 2.24) is 4.98 Å². The molecule has 1 aromatic carbocycles. The van der Waals surface area contributed by atoms with Crippen molar-refractivity contribution < 1.29 is 22.7 Å². The minimum absolute atomic E-state index is 0.108. The van der Waals surface area contributed by atoms with Crippen molar-refractivity contribution in [3.8, 4) is 0 Å². The van der Waals surface area contributed by atoms with Gasteiger partial charge in [-0.25, -0.2) is 0 Å². The number of Topliss-reactive ketones (excluding diaryl/α,β-unsaturated/α-hetero) is 1. The molecular weight excluding hydrogens is 343 g/mol. The van der Waals surface area contributed by atoms with Crippen LogP contribution in [0.1, 0.15) is 16.8 Å². The Bertz CT molecular complexity index is 687. The first-order chi connectivity index (χ1) is 11.3. The summed E-state index contributed by atoms with van der Waals surface area (Å²) in [7, 11) is 0. The lowest BCUT2D eigenvalue weighted by molar-refractivity contribution is -0.137. The number of benzene rings is 1. The molecule has 2 aromatic rings. The lowest BCUT2D eigenvalue weighted by Crippen LogP contribution is -2.14. The van der Waals surface area contributed by atoms with Gasteiger partial charge in [-0.15, -0.1) is 0 Å². The first-order valence-electron chi connectivity index (χ1n) is 7.20. The molecule has 0 radical (unpaired) electrons. The molecule has 0 aliphatic heterocycles. The molecule has 128 valence electrons. The molecule has 2 rings (SSSR count). The van der Waals surface area contributed by atoms with E-state index < -0.39 is 11.7 Å². The highest BCUT2D eigenvalue weighted by atomic mass is 35.5. The first kappa shape index (κ1) is 18.4. The van der Waals surface area contributed by atoms with Crippen LogP contribution in [0.2, 0.25) is 5.02 Å². The number of ketones is 1. The van der Waals surface area contributed by atoms with Gasteiger partial charge >= 0.3 is 6.18 Å². The van der Waals surface area contributed by atoms with E-state index in [9.17, 15) is 18.0 Å². The van der Waals surface area contributed by atoms with Crippen molar-refractivity contribution in [3.63, 3.8) is 0 Å².